The second-order valence-corrected chi connectivity index (χ2v) is 6.54. The third-order valence-electron chi connectivity index (χ3n) is 3.86. The van der Waals surface area contributed by atoms with E-state index in [1.165, 1.54) is 0 Å². The van der Waals surface area contributed by atoms with Gasteiger partial charge in [-0.1, -0.05) is 19.0 Å². The number of nitrogens with zero attached hydrogens (tertiary/aromatic N) is 2. The number of amides is 2. The molecule has 0 bridgehead atoms. The first-order chi connectivity index (χ1) is 10.9. The normalized spacial score (nSPS) is 16.5. The van der Waals surface area contributed by atoms with Crippen LogP contribution in [0.2, 0.25) is 0 Å². The number of rotatable bonds is 6. The molecule has 0 radical (unpaired) electrons. The highest BCUT2D eigenvalue weighted by Gasteiger charge is 2.23. The Morgan fingerprint density at radius 3 is 2.65 bits per heavy atom. The Bertz CT molecular complexity index is 533. The summed E-state index contributed by atoms with van der Waals surface area (Å²) in [6, 6.07) is 1.75. The van der Waals surface area contributed by atoms with Crippen molar-refractivity contribution in [3.05, 3.63) is 17.5 Å². The number of aryl methyl sites for hydroxylation is 1. The Morgan fingerprint density at radius 2 is 2.09 bits per heavy atom. The van der Waals surface area contributed by atoms with Crippen molar-refractivity contribution in [1.29, 1.82) is 0 Å². The Kier molecular flexibility index (Phi) is 6.15. The molecule has 1 aliphatic heterocycles. The molecule has 1 aliphatic rings. The van der Waals surface area contributed by atoms with Crippen LogP contribution in [0.1, 0.15) is 42.9 Å². The number of hydrogen-bond donors (Lipinski definition) is 2. The van der Waals surface area contributed by atoms with E-state index in [9.17, 15) is 9.59 Å². The fraction of sp³-hybridized carbons (Fsp3) is 0.688. The maximum Gasteiger partial charge on any atom is 0.273 e. The van der Waals surface area contributed by atoms with Gasteiger partial charge in [-0.3, -0.25) is 14.5 Å². The molecule has 0 aliphatic carbocycles. The molecule has 1 fully saturated rings. The van der Waals surface area contributed by atoms with Crippen LogP contribution in [0.15, 0.2) is 10.6 Å². The number of carbonyl (C=O) groups is 2. The zero-order valence-electron chi connectivity index (χ0n) is 14.1. The third kappa shape index (κ3) is 5.67. The van der Waals surface area contributed by atoms with E-state index in [4.69, 9.17) is 4.52 Å². The van der Waals surface area contributed by atoms with Gasteiger partial charge in [-0.05, 0) is 25.7 Å². The lowest BCUT2D eigenvalue weighted by Crippen LogP contribution is -2.47. The predicted molar refractivity (Wildman–Crippen MR) is 86.0 cm³/mol. The van der Waals surface area contributed by atoms with E-state index >= 15 is 0 Å². The topological polar surface area (TPSA) is 87.5 Å². The van der Waals surface area contributed by atoms with E-state index in [-0.39, 0.29) is 17.9 Å². The van der Waals surface area contributed by atoms with Crippen LogP contribution in [0.3, 0.4) is 0 Å². The molecule has 2 N–H and O–H groups in total. The molecule has 7 heteroatoms. The van der Waals surface area contributed by atoms with Gasteiger partial charge >= 0.3 is 0 Å². The summed E-state index contributed by atoms with van der Waals surface area (Å²) in [5.41, 5.74) is 0.318. The molecule has 0 atom stereocenters. The second kappa shape index (κ2) is 8.10. The number of nitrogens with one attached hydrogen (secondary N) is 2. The van der Waals surface area contributed by atoms with Gasteiger partial charge in [0.25, 0.3) is 5.91 Å². The van der Waals surface area contributed by atoms with Crippen LogP contribution in [-0.4, -0.2) is 54.1 Å². The zero-order chi connectivity index (χ0) is 16.8. The minimum Gasteiger partial charge on any atom is -0.361 e. The van der Waals surface area contributed by atoms with Crippen molar-refractivity contribution in [2.24, 2.45) is 5.92 Å². The van der Waals surface area contributed by atoms with Crippen LogP contribution in [0.5, 0.6) is 0 Å². The van der Waals surface area contributed by atoms with E-state index in [0.29, 0.717) is 30.5 Å². The minimum atomic E-state index is -0.199. The van der Waals surface area contributed by atoms with Gasteiger partial charge in [0.1, 0.15) is 5.76 Å². The molecule has 2 amide bonds. The van der Waals surface area contributed by atoms with Gasteiger partial charge < -0.3 is 15.2 Å². The molecule has 0 saturated carbocycles. The molecule has 1 saturated heterocycles. The maximum atomic E-state index is 12.0. The van der Waals surface area contributed by atoms with Crippen molar-refractivity contribution in [2.45, 2.75) is 39.7 Å². The van der Waals surface area contributed by atoms with Crippen LogP contribution < -0.4 is 10.6 Å². The van der Waals surface area contributed by atoms with Crippen molar-refractivity contribution in [2.75, 3.05) is 26.2 Å². The zero-order valence-corrected chi connectivity index (χ0v) is 14.1. The minimum absolute atomic E-state index is 0.0688. The van der Waals surface area contributed by atoms with E-state index < -0.39 is 0 Å². The molecule has 0 aromatic carbocycles. The Morgan fingerprint density at radius 1 is 1.39 bits per heavy atom. The monoisotopic (exact) mass is 322 g/mol. The van der Waals surface area contributed by atoms with Gasteiger partial charge in [-0.15, -0.1) is 0 Å². The number of hydrogen-bond acceptors (Lipinski definition) is 5. The quantitative estimate of drug-likeness (QED) is 0.814. The molecular weight excluding hydrogens is 296 g/mol. The van der Waals surface area contributed by atoms with Crippen LogP contribution in [0.25, 0.3) is 0 Å². The summed E-state index contributed by atoms with van der Waals surface area (Å²) in [4.78, 5) is 26.0. The van der Waals surface area contributed by atoms with E-state index in [1.807, 2.05) is 0 Å². The van der Waals surface area contributed by atoms with E-state index in [1.54, 1.807) is 13.0 Å². The highest BCUT2D eigenvalue weighted by molar-refractivity contribution is 5.92. The summed E-state index contributed by atoms with van der Waals surface area (Å²) in [6.07, 6.45) is 1.67. The third-order valence-corrected chi connectivity index (χ3v) is 3.86. The summed E-state index contributed by atoms with van der Waals surface area (Å²) in [6.45, 7) is 8.65. The number of carbonyl (C=O) groups excluding carboxylic acids is 2. The maximum absolute atomic E-state index is 12.0. The summed E-state index contributed by atoms with van der Waals surface area (Å²) >= 11 is 0. The van der Waals surface area contributed by atoms with Gasteiger partial charge in [-0.25, -0.2) is 0 Å². The summed E-state index contributed by atoms with van der Waals surface area (Å²) < 4.78 is 4.91. The predicted octanol–water partition coefficient (Wildman–Crippen LogP) is 0.949. The van der Waals surface area contributed by atoms with Gasteiger partial charge in [-0.2, -0.15) is 0 Å². The van der Waals surface area contributed by atoms with Gasteiger partial charge in [0.2, 0.25) is 5.91 Å². The molecule has 1 aromatic heterocycles. The van der Waals surface area contributed by atoms with Crippen molar-refractivity contribution < 1.29 is 14.1 Å². The molecule has 0 unspecified atom stereocenters. The first-order valence-electron chi connectivity index (χ1n) is 8.17. The fourth-order valence-electron chi connectivity index (χ4n) is 2.55. The van der Waals surface area contributed by atoms with Crippen LogP contribution >= 0.6 is 0 Å². The van der Waals surface area contributed by atoms with Gasteiger partial charge in [0, 0.05) is 31.7 Å². The van der Waals surface area contributed by atoms with Gasteiger partial charge in [0.05, 0.1) is 6.54 Å². The molecular formula is C16H26N4O3. The fourth-order valence-corrected chi connectivity index (χ4v) is 2.55. The van der Waals surface area contributed by atoms with E-state index in [2.05, 4.69) is 34.5 Å². The van der Waals surface area contributed by atoms with Crippen molar-refractivity contribution in [3.63, 3.8) is 0 Å². The number of likely N-dealkylation sites (tertiary alicyclic amines) is 1. The van der Waals surface area contributed by atoms with Crippen LogP contribution in [-0.2, 0) is 4.79 Å². The lowest BCUT2D eigenvalue weighted by Gasteiger charge is -2.31. The molecule has 23 heavy (non-hydrogen) atoms. The lowest BCUT2D eigenvalue weighted by molar-refractivity contribution is -0.122. The van der Waals surface area contributed by atoms with E-state index in [0.717, 1.165) is 25.9 Å². The van der Waals surface area contributed by atoms with Crippen molar-refractivity contribution >= 4 is 11.8 Å². The molecule has 2 heterocycles. The largest absolute Gasteiger partial charge is 0.361 e. The average Bonchev–Trinajstić information content (AvgIpc) is 2.94. The Labute approximate surface area is 136 Å². The molecule has 7 nitrogen and oxygen atoms in total. The average molecular weight is 322 g/mol. The Hall–Kier alpha value is -1.89. The summed E-state index contributed by atoms with van der Waals surface area (Å²) in [5, 5.41) is 9.62. The first-order valence-corrected chi connectivity index (χ1v) is 8.17. The molecule has 1 aromatic rings. The standard InChI is InChI=1S/C16H26N4O3/c1-11(2)9-17-15(21)10-20-6-4-13(5-7-20)18-16(22)14-8-12(3)23-19-14/h8,11,13H,4-7,9-10H2,1-3H3,(H,17,21)(H,18,22). The van der Waals surface area contributed by atoms with Gasteiger partial charge in [0.15, 0.2) is 5.69 Å². The van der Waals surface area contributed by atoms with Crippen molar-refractivity contribution in [3.8, 4) is 0 Å². The van der Waals surface area contributed by atoms with Crippen LogP contribution in [0.4, 0.5) is 0 Å². The summed E-state index contributed by atoms with van der Waals surface area (Å²) in [5.74, 6) is 0.951. The Balaban J connectivity index is 1.69. The highest BCUT2D eigenvalue weighted by atomic mass is 16.5. The lowest BCUT2D eigenvalue weighted by atomic mass is 10.0. The smallest absolute Gasteiger partial charge is 0.273 e. The molecule has 128 valence electrons. The first kappa shape index (κ1) is 17.5. The van der Waals surface area contributed by atoms with Crippen LogP contribution in [0, 0.1) is 12.8 Å². The highest BCUT2D eigenvalue weighted by Crippen LogP contribution is 2.11. The second-order valence-electron chi connectivity index (χ2n) is 6.54. The van der Waals surface area contributed by atoms with Crippen molar-refractivity contribution in [1.82, 2.24) is 20.7 Å². The SMILES string of the molecule is Cc1cc(C(=O)NC2CCN(CC(=O)NCC(C)C)CC2)no1. The number of piperidine rings is 1. The number of aromatic nitrogens is 1. The summed E-state index contributed by atoms with van der Waals surface area (Å²) in [7, 11) is 0. The molecule has 2 rings (SSSR count). The molecule has 0 spiro atoms.